The lowest BCUT2D eigenvalue weighted by Gasteiger charge is -2.21. The van der Waals surface area contributed by atoms with E-state index in [0.29, 0.717) is 25.7 Å². The Morgan fingerprint density at radius 2 is 0.531 bits per heavy atom. The Morgan fingerprint density at radius 1 is 0.302 bits per heavy atom. The fraction of sp³-hybridized carbons (Fsp3) is 0.948. The molecular weight excluding hydrogens is 1260 g/mol. The zero-order valence-corrected chi connectivity index (χ0v) is 64.5. The van der Waals surface area contributed by atoms with Crippen molar-refractivity contribution in [2.24, 2.45) is 11.8 Å². The van der Waals surface area contributed by atoms with Gasteiger partial charge in [0.25, 0.3) is 0 Å². The first-order chi connectivity index (χ1) is 46.4. The second-order valence-corrected chi connectivity index (χ2v) is 31.4. The lowest BCUT2D eigenvalue weighted by atomic mass is 9.99. The highest BCUT2D eigenvalue weighted by Gasteiger charge is 2.30. The molecule has 0 amide bonds. The molecule has 0 fully saturated rings. The Labute approximate surface area is 588 Å². The van der Waals surface area contributed by atoms with Gasteiger partial charge in [-0.15, -0.1) is 0 Å². The predicted octanol–water partition coefficient (Wildman–Crippen LogP) is 22.7. The minimum Gasteiger partial charge on any atom is -0.462 e. The number of phosphoric ester groups is 2. The number of carbonyl (C=O) groups excluding carboxylic acids is 4. The molecule has 0 spiro atoms. The second kappa shape index (κ2) is 68.8. The first-order valence-corrected chi connectivity index (χ1v) is 43.0. The number of unbranched alkanes of at least 4 members (excludes halogenated alkanes) is 45. The molecule has 0 saturated carbocycles. The largest absolute Gasteiger partial charge is 0.472 e. The number of carbonyl (C=O) groups is 4. The Morgan fingerprint density at radius 3 is 0.792 bits per heavy atom. The molecule has 0 radical (unpaired) electrons. The van der Waals surface area contributed by atoms with Crippen LogP contribution in [0, 0.1) is 11.8 Å². The Hall–Kier alpha value is -1.94. The van der Waals surface area contributed by atoms with E-state index in [0.717, 1.165) is 102 Å². The van der Waals surface area contributed by atoms with Gasteiger partial charge < -0.3 is 33.8 Å². The van der Waals surface area contributed by atoms with Gasteiger partial charge in [-0.3, -0.25) is 37.3 Å². The molecule has 0 saturated heterocycles. The average Bonchev–Trinajstić information content (AvgIpc) is 2.66. The van der Waals surface area contributed by atoms with Gasteiger partial charge >= 0.3 is 39.5 Å². The van der Waals surface area contributed by atoms with Crippen molar-refractivity contribution in [2.45, 2.75) is 419 Å². The van der Waals surface area contributed by atoms with Crippen molar-refractivity contribution in [3.8, 4) is 0 Å². The zero-order valence-electron chi connectivity index (χ0n) is 62.7. The van der Waals surface area contributed by atoms with Gasteiger partial charge in [0.15, 0.2) is 12.2 Å². The summed E-state index contributed by atoms with van der Waals surface area (Å²) in [7, 11) is -9.91. The molecule has 0 aliphatic rings. The molecule has 6 atom stereocenters. The fourth-order valence-corrected chi connectivity index (χ4v) is 13.4. The number of aliphatic hydroxyl groups excluding tert-OH is 1. The summed E-state index contributed by atoms with van der Waals surface area (Å²) in [6.07, 6.45) is 56.9. The number of hydrogen-bond donors (Lipinski definition) is 3. The average molecular weight is 1410 g/mol. The summed E-state index contributed by atoms with van der Waals surface area (Å²) in [5, 5.41) is 10.6. The van der Waals surface area contributed by atoms with Crippen LogP contribution in [-0.2, 0) is 65.4 Å². The normalized spacial score (nSPS) is 14.3. The van der Waals surface area contributed by atoms with Gasteiger partial charge in [-0.25, -0.2) is 9.13 Å². The highest BCUT2D eigenvalue weighted by molar-refractivity contribution is 7.47. The summed E-state index contributed by atoms with van der Waals surface area (Å²) < 4.78 is 68.5. The number of phosphoric acid groups is 2. The van der Waals surface area contributed by atoms with E-state index in [1.165, 1.54) is 218 Å². The van der Waals surface area contributed by atoms with Crippen molar-refractivity contribution in [3.05, 3.63) is 0 Å². The molecule has 0 bridgehead atoms. The van der Waals surface area contributed by atoms with Crippen molar-refractivity contribution in [3.63, 3.8) is 0 Å². The molecule has 0 heterocycles. The molecule has 3 N–H and O–H groups in total. The summed E-state index contributed by atoms with van der Waals surface area (Å²) >= 11 is 0. The van der Waals surface area contributed by atoms with Gasteiger partial charge in [0.2, 0.25) is 0 Å². The van der Waals surface area contributed by atoms with E-state index in [4.69, 9.17) is 37.0 Å². The molecule has 0 aliphatic heterocycles. The van der Waals surface area contributed by atoms with Crippen LogP contribution in [0.5, 0.6) is 0 Å². The van der Waals surface area contributed by atoms with Crippen LogP contribution in [0.2, 0.25) is 0 Å². The molecule has 17 nitrogen and oxygen atoms in total. The minimum absolute atomic E-state index is 0.106. The molecular formula is C77H150O17P2. The van der Waals surface area contributed by atoms with Crippen LogP contribution in [-0.4, -0.2) is 96.7 Å². The Bertz CT molecular complexity index is 1860. The lowest BCUT2D eigenvalue weighted by Crippen LogP contribution is -2.30. The molecule has 96 heavy (non-hydrogen) atoms. The third-order valence-electron chi connectivity index (χ3n) is 18.3. The van der Waals surface area contributed by atoms with Crippen LogP contribution in [0.15, 0.2) is 0 Å². The van der Waals surface area contributed by atoms with Gasteiger partial charge in [0.1, 0.15) is 19.3 Å². The highest BCUT2D eigenvalue weighted by Crippen LogP contribution is 2.45. The van der Waals surface area contributed by atoms with Crippen molar-refractivity contribution >= 4 is 39.5 Å². The van der Waals surface area contributed by atoms with Gasteiger partial charge in [0, 0.05) is 25.7 Å². The molecule has 570 valence electrons. The van der Waals surface area contributed by atoms with Crippen molar-refractivity contribution in [1.29, 1.82) is 0 Å². The SMILES string of the molecule is CCCCCCCCCCCCCCCCCCCCCCC(=O)O[C@H](COC(=O)CCCCCCCCCCCCC(C)CC)COP(=O)(O)OC[C@@H](O)COP(=O)(O)OC[C@@H](COC(=O)CCCCCCCCCCCC)OC(=O)CCCCCCCCCCCC(C)C. The first-order valence-electron chi connectivity index (χ1n) is 40.0. The summed E-state index contributed by atoms with van der Waals surface area (Å²) in [4.78, 5) is 72.8. The molecule has 0 aliphatic carbocycles. The van der Waals surface area contributed by atoms with Crippen molar-refractivity contribution in [2.75, 3.05) is 39.6 Å². The van der Waals surface area contributed by atoms with Crippen molar-refractivity contribution < 1.29 is 80.2 Å². The van der Waals surface area contributed by atoms with Crippen LogP contribution in [0.1, 0.15) is 401 Å². The topological polar surface area (TPSA) is 237 Å². The number of esters is 4. The van der Waals surface area contributed by atoms with E-state index < -0.39 is 97.5 Å². The molecule has 19 heteroatoms. The van der Waals surface area contributed by atoms with Gasteiger partial charge in [-0.05, 0) is 37.5 Å². The quantitative estimate of drug-likeness (QED) is 0.0222. The van der Waals surface area contributed by atoms with Crippen LogP contribution in [0.4, 0.5) is 0 Å². The van der Waals surface area contributed by atoms with E-state index in [1.807, 2.05) is 0 Å². The number of ether oxygens (including phenoxy) is 4. The molecule has 0 rings (SSSR count). The summed E-state index contributed by atoms with van der Waals surface area (Å²) in [5.41, 5.74) is 0. The monoisotopic (exact) mass is 1410 g/mol. The Kier molecular flexibility index (Phi) is 67.4. The van der Waals surface area contributed by atoms with E-state index in [-0.39, 0.29) is 25.7 Å². The maximum absolute atomic E-state index is 13.1. The maximum Gasteiger partial charge on any atom is 0.472 e. The number of aliphatic hydroxyl groups is 1. The summed E-state index contributed by atoms with van der Waals surface area (Å²) in [6.45, 7) is 9.60. The van der Waals surface area contributed by atoms with Gasteiger partial charge in [0.05, 0.1) is 26.4 Å². The third-order valence-corrected chi connectivity index (χ3v) is 20.2. The highest BCUT2D eigenvalue weighted by atomic mass is 31.2. The smallest absolute Gasteiger partial charge is 0.462 e. The number of hydrogen-bond acceptors (Lipinski definition) is 15. The van der Waals surface area contributed by atoms with Crippen LogP contribution in [0.3, 0.4) is 0 Å². The lowest BCUT2D eigenvalue weighted by molar-refractivity contribution is -0.161. The maximum atomic E-state index is 13.1. The van der Waals surface area contributed by atoms with Crippen molar-refractivity contribution in [1.82, 2.24) is 0 Å². The molecule has 0 aromatic carbocycles. The third kappa shape index (κ3) is 69.2. The zero-order chi connectivity index (χ0) is 70.7. The molecule has 3 unspecified atom stereocenters. The molecule has 0 aromatic heterocycles. The summed E-state index contributed by atoms with van der Waals surface area (Å²) in [6, 6.07) is 0. The van der Waals surface area contributed by atoms with E-state index in [1.54, 1.807) is 0 Å². The first kappa shape index (κ1) is 94.1. The van der Waals surface area contributed by atoms with E-state index in [2.05, 4.69) is 41.5 Å². The van der Waals surface area contributed by atoms with Crippen LogP contribution < -0.4 is 0 Å². The summed E-state index contributed by atoms with van der Waals surface area (Å²) in [5.74, 6) is -0.569. The second-order valence-electron chi connectivity index (χ2n) is 28.5. The standard InChI is InChI=1S/C77H150O17P2/c1-7-10-12-14-16-18-20-21-22-23-24-25-26-27-28-29-37-43-49-55-61-76(81)93-72(66-88-75(80)60-54-48-42-36-31-30-34-40-46-52-58-70(6)9-3)67-91-95(83,84)89-63-71(78)64-90-96(85,86)92-68-73(65-87-74(79)59-53-47-41-35-19-17-15-13-11-8-2)94-77(82)62-56-50-44-38-32-33-39-45-51-57-69(4)5/h69-73,78H,7-68H2,1-6H3,(H,83,84)(H,85,86)/t70?,71-,72-,73-/m1/s1. The molecule has 0 aromatic rings. The van der Waals surface area contributed by atoms with E-state index >= 15 is 0 Å². The predicted molar refractivity (Wildman–Crippen MR) is 391 cm³/mol. The van der Waals surface area contributed by atoms with Crippen LogP contribution in [0.25, 0.3) is 0 Å². The van der Waals surface area contributed by atoms with Gasteiger partial charge in [-0.1, -0.05) is 350 Å². The Balaban J connectivity index is 5.22. The minimum atomic E-state index is -4.96. The fourth-order valence-electron chi connectivity index (χ4n) is 11.8. The van der Waals surface area contributed by atoms with Gasteiger partial charge in [-0.2, -0.15) is 0 Å². The van der Waals surface area contributed by atoms with Crippen LogP contribution >= 0.6 is 15.6 Å². The van der Waals surface area contributed by atoms with E-state index in [9.17, 15) is 43.2 Å². The number of rotatable bonds is 76.